The molecule has 0 saturated carbocycles. The van der Waals surface area contributed by atoms with Crippen molar-refractivity contribution in [3.63, 3.8) is 0 Å². The topological polar surface area (TPSA) is 101 Å². The van der Waals surface area contributed by atoms with Crippen LogP contribution in [0.4, 0.5) is 14.5 Å². The average Bonchev–Trinajstić information content (AvgIpc) is 2.42. The number of nitrogens with zero attached hydrogens (tertiary/aromatic N) is 1. The van der Waals surface area contributed by atoms with Gasteiger partial charge in [-0.05, 0) is 57.3 Å². The van der Waals surface area contributed by atoms with Crippen molar-refractivity contribution in [2.24, 2.45) is 0 Å². The van der Waals surface area contributed by atoms with E-state index in [4.69, 9.17) is 4.55 Å². The molecule has 134 valence electrons. The smallest absolute Gasteiger partial charge is 0.402 e. The molecule has 0 heterocycles. The minimum Gasteiger partial charge on any atom is -0.454 e. The SMILES string of the molecule is CC(=O)N(C)c1c(I)cc(I)cc1C(=O)OCC(F)(F)S(=O)(=O)O. The molecule has 0 spiro atoms. The van der Waals surface area contributed by atoms with Crippen molar-refractivity contribution in [2.45, 2.75) is 12.2 Å². The minimum absolute atomic E-state index is 0.142. The number of rotatable bonds is 5. The number of hydrogen-bond donors (Lipinski definition) is 1. The highest BCUT2D eigenvalue weighted by atomic mass is 127. The molecule has 0 saturated heterocycles. The van der Waals surface area contributed by atoms with E-state index in [-0.39, 0.29) is 11.3 Å². The van der Waals surface area contributed by atoms with Crippen molar-refractivity contribution >= 4 is 72.9 Å². The Morgan fingerprint density at radius 3 is 2.33 bits per heavy atom. The first kappa shape index (κ1) is 21.4. The number of anilines is 1. The van der Waals surface area contributed by atoms with Gasteiger partial charge in [0.15, 0.2) is 6.61 Å². The summed E-state index contributed by atoms with van der Waals surface area (Å²) in [6.45, 7) is -0.606. The summed E-state index contributed by atoms with van der Waals surface area (Å²) in [5, 5.41) is -4.63. The van der Waals surface area contributed by atoms with Crippen molar-refractivity contribution in [3.05, 3.63) is 24.8 Å². The molecule has 0 aliphatic heterocycles. The standard InChI is InChI=1S/C12H11F2I2NO6S/c1-6(18)17(2)10-8(3-7(15)4-9(10)16)11(19)23-5-12(13,14)24(20,21)22/h3-4H,5H2,1-2H3,(H,20,21,22). The second-order valence-corrected chi connectivity index (χ2v) is 8.51. The normalized spacial score (nSPS) is 12.0. The van der Waals surface area contributed by atoms with Crippen LogP contribution in [0.3, 0.4) is 0 Å². The van der Waals surface area contributed by atoms with Crippen LogP contribution in [0.25, 0.3) is 0 Å². The first-order valence-electron chi connectivity index (χ1n) is 6.03. The maximum atomic E-state index is 13.2. The fraction of sp³-hybridized carbons (Fsp3) is 0.333. The van der Waals surface area contributed by atoms with E-state index < -0.39 is 33.9 Å². The number of carbonyl (C=O) groups excluding carboxylic acids is 2. The lowest BCUT2D eigenvalue weighted by Gasteiger charge is -2.21. The van der Waals surface area contributed by atoms with Crippen LogP contribution < -0.4 is 4.90 Å². The van der Waals surface area contributed by atoms with E-state index in [1.807, 2.05) is 45.2 Å². The van der Waals surface area contributed by atoms with Crippen molar-refractivity contribution in [3.8, 4) is 0 Å². The second-order valence-electron chi connectivity index (χ2n) is 4.55. The molecule has 1 rings (SSSR count). The summed E-state index contributed by atoms with van der Waals surface area (Å²) in [7, 11) is -4.33. The highest BCUT2D eigenvalue weighted by Crippen LogP contribution is 2.30. The zero-order valence-corrected chi connectivity index (χ0v) is 17.3. The first-order valence-corrected chi connectivity index (χ1v) is 9.63. The Balaban J connectivity index is 3.22. The van der Waals surface area contributed by atoms with E-state index in [1.54, 1.807) is 6.07 Å². The van der Waals surface area contributed by atoms with Gasteiger partial charge in [0.25, 0.3) is 0 Å². The van der Waals surface area contributed by atoms with E-state index in [0.717, 1.165) is 4.90 Å². The molecule has 0 atom stereocenters. The average molecular weight is 589 g/mol. The molecule has 1 N–H and O–H groups in total. The first-order chi connectivity index (χ1) is 10.8. The van der Waals surface area contributed by atoms with Gasteiger partial charge < -0.3 is 9.64 Å². The molecular formula is C12H11F2I2NO6S. The molecule has 0 unspecified atom stereocenters. The molecule has 1 aromatic carbocycles. The number of esters is 1. The summed E-state index contributed by atoms with van der Waals surface area (Å²) in [4.78, 5) is 24.8. The van der Waals surface area contributed by atoms with Crippen molar-refractivity contribution < 1.29 is 36.1 Å². The number of alkyl halides is 2. The molecule has 12 heteroatoms. The molecule has 1 aromatic rings. The fourth-order valence-corrected chi connectivity index (χ4v) is 3.94. The molecular weight excluding hydrogens is 578 g/mol. The number of halogens is 4. The molecule has 1 amide bonds. The maximum Gasteiger partial charge on any atom is 0.402 e. The van der Waals surface area contributed by atoms with Gasteiger partial charge in [-0.3, -0.25) is 9.35 Å². The van der Waals surface area contributed by atoms with E-state index in [2.05, 4.69) is 4.74 Å². The number of amides is 1. The summed E-state index contributed by atoms with van der Waals surface area (Å²) in [6, 6.07) is 2.96. The Labute approximate surface area is 163 Å². The van der Waals surface area contributed by atoms with E-state index >= 15 is 0 Å². The third kappa shape index (κ3) is 4.95. The van der Waals surface area contributed by atoms with Crippen molar-refractivity contribution in [1.82, 2.24) is 0 Å². The Kier molecular flexibility index (Phi) is 6.91. The predicted molar refractivity (Wildman–Crippen MR) is 97.7 cm³/mol. The van der Waals surface area contributed by atoms with Gasteiger partial charge in [-0.1, -0.05) is 0 Å². The summed E-state index contributed by atoms with van der Waals surface area (Å²) < 4.78 is 61.2. The number of carbonyl (C=O) groups is 2. The largest absolute Gasteiger partial charge is 0.454 e. The van der Waals surface area contributed by atoms with Crippen LogP contribution in [0.1, 0.15) is 17.3 Å². The molecule has 0 aliphatic rings. The second kappa shape index (κ2) is 7.74. The molecule has 0 fully saturated rings. The zero-order valence-electron chi connectivity index (χ0n) is 12.2. The summed E-state index contributed by atoms with van der Waals surface area (Å²) in [5.41, 5.74) is -0.0428. The molecule has 0 bridgehead atoms. The zero-order chi connectivity index (χ0) is 18.9. The van der Waals surface area contributed by atoms with Gasteiger partial charge in [0, 0.05) is 21.1 Å². The van der Waals surface area contributed by atoms with Gasteiger partial charge in [0.05, 0.1) is 11.3 Å². The van der Waals surface area contributed by atoms with Crippen LogP contribution in [-0.4, -0.2) is 43.8 Å². The fourth-order valence-electron chi connectivity index (χ4n) is 1.52. The summed E-state index contributed by atoms with van der Waals surface area (Å²) >= 11 is 3.74. The molecule has 0 aliphatic carbocycles. The quantitative estimate of drug-likeness (QED) is 0.322. The molecule has 0 radical (unpaired) electrons. The van der Waals surface area contributed by atoms with Crippen molar-refractivity contribution in [2.75, 3.05) is 18.6 Å². The van der Waals surface area contributed by atoms with E-state index in [9.17, 15) is 26.8 Å². The monoisotopic (exact) mass is 589 g/mol. The Bertz CT molecular complexity index is 784. The van der Waals surface area contributed by atoms with Gasteiger partial charge in [0.1, 0.15) is 0 Å². The van der Waals surface area contributed by atoms with Crippen LogP contribution in [0.5, 0.6) is 0 Å². The van der Waals surface area contributed by atoms with Crippen LogP contribution >= 0.6 is 45.2 Å². The van der Waals surface area contributed by atoms with Gasteiger partial charge in [-0.15, -0.1) is 0 Å². The van der Waals surface area contributed by atoms with Gasteiger partial charge >= 0.3 is 21.3 Å². The highest BCUT2D eigenvalue weighted by Gasteiger charge is 2.45. The Hall–Kier alpha value is -0.610. The van der Waals surface area contributed by atoms with Crippen LogP contribution in [0.15, 0.2) is 12.1 Å². The third-order valence-corrected chi connectivity index (χ3v) is 5.12. The molecule has 24 heavy (non-hydrogen) atoms. The van der Waals surface area contributed by atoms with E-state index in [0.29, 0.717) is 7.14 Å². The lowest BCUT2D eigenvalue weighted by Crippen LogP contribution is -2.35. The van der Waals surface area contributed by atoms with E-state index in [1.165, 1.54) is 20.0 Å². The van der Waals surface area contributed by atoms with Crippen LogP contribution in [-0.2, 0) is 19.6 Å². The predicted octanol–water partition coefficient (Wildman–Crippen LogP) is 2.52. The minimum atomic E-state index is -5.71. The third-order valence-electron chi connectivity index (χ3n) is 2.80. The maximum absolute atomic E-state index is 13.2. The van der Waals surface area contributed by atoms with Crippen LogP contribution in [0, 0.1) is 7.14 Å². The lowest BCUT2D eigenvalue weighted by molar-refractivity contribution is -0.116. The number of benzene rings is 1. The van der Waals surface area contributed by atoms with Crippen molar-refractivity contribution in [1.29, 1.82) is 0 Å². The number of ether oxygens (including phenoxy) is 1. The van der Waals surface area contributed by atoms with Gasteiger partial charge in [-0.2, -0.15) is 17.2 Å². The molecule has 7 nitrogen and oxygen atoms in total. The van der Waals surface area contributed by atoms with Crippen LogP contribution in [0.2, 0.25) is 0 Å². The highest BCUT2D eigenvalue weighted by molar-refractivity contribution is 14.1. The van der Waals surface area contributed by atoms with Gasteiger partial charge in [0.2, 0.25) is 5.91 Å². The number of hydrogen-bond acceptors (Lipinski definition) is 5. The summed E-state index contributed by atoms with van der Waals surface area (Å²) in [6.07, 6.45) is 0. The van der Waals surface area contributed by atoms with Gasteiger partial charge in [-0.25, -0.2) is 4.79 Å². The lowest BCUT2D eigenvalue weighted by atomic mass is 10.1. The Morgan fingerprint density at radius 2 is 1.88 bits per heavy atom. The molecule has 0 aromatic heterocycles. The summed E-state index contributed by atoms with van der Waals surface area (Å²) in [5.74, 6) is -1.66. The Morgan fingerprint density at radius 1 is 1.33 bits per heavy atom.